The van der Waals surface area contributed by atoms with Gasteiger partial charge in [-0.3, -0.25) is 9.55 Å². The molecule has 5 nitrogen and oxygen atoms in total. The molecule has 68 heavy (non-hydrogen) atoms. The number of rotatable bonds is 7. The van der Waals surface area contributed by atoms with Crippen molar-refractivity contribution in [3.63, 3.8) is 0 Å². The van der Waals surface area contributed by atoms with Crippen LogP contribution in [-0.4, -0.2) is 19.6 Å². The molecule has 3 aromatic heterocycles. The summed E-state index contributed by atoms with van der Waals surface area (Å²) >= 11 is 0. The van der Waals surface area contributed by atoms with Crippen LogP contribution in [0, 0.1) is 0 Å². The first kappa shape index (κ1) is 42.8. The second-order valence-corrected chi connectivity index (χ2v) is 20.9. The van der Waals surface area contributed by atoms with E-state index >= 15 is 0 Å². The fourth-order valence-electron chi connectivity index (χ4n) is 9.97. The molecule has 0 saturated heterocycles. The van der Waals surface area contributed by atoms with Crippen LogP contribution in [0.3, 0.4) is 0 Å². The molecule has 334 valence electrons. The summed E-state index contributed by atoms with van der Waals surface area (Å²) in [6, 6.07) is 62.1. The van der Waals surface area contributed by atoms with Crippen LogP contribution in [0.1, 0.15) is 77.6 Å². The lowest BCUT2D eigenvalue weighted by Gasteiger charge is -2.27. The first-order chi connectivity index (χ1) is 32.6. The molecule has 0 aliphatic carbocycles. The van der Waals surface area contributed by atoms with E-state index in [0.29, 0.717) is 11.4 Å². The Bertz CT molecular complexity index is 3730. The van der Waals surface area contributed by atoms with Gasteiger partial charge in [0, 0.05) is 56.1 Å². The molecular formula is C63H55N3O2. The zero-order valence-corrected chi connectivity index (χ0v) is 40.0. The molecular weight excluding hydrogens is 831 g/mol. The van der Waals surface area contributed by atoms with E-state index in [2.05, 4.69) is 230 Å². The lowest BCUT2D eigenvalue weighted by atomic mass is 9.76. The summed E-state index contributed by atoms with van der Waals surface area (Å²) in [4.78, 5) is 10.9. The van der Waals surface area contributed by atoms with Crippen LogP contribution in [0.2, 0.25) is 0 Å². The molecule has 8 aromatic carbocycles. The van der Waals surface area contributed by atoms with Crippen LogP contribution in [0.5, 0.6) is 5.75 Å². The highest BCUT2D eigenvalue weighted by Crippen LogP contribution is 2.46. The van der Waals surface area contributed by atoms with Gasteiger partial charge in [-0.25, -0.2) is 4.98 Å². The first-order valence-corrected chi connectivity index (χ1v) is 23.6. The van der Waals surface area contributed by atoms with Gasteiger partial charge in [-0.15, -0.1) is 0 Å². The molecule has 0 bridgehead atoms. The van der Waals surface area contributed by atoms with Crippen molar-refractivity contribution in [3.8, 4) is 56.3 Å². The number of hydrogen-bond donors (Lipinski definition) is 1. The van der Waals surface area contributed by atoms with Gasteiger partial charge in [0.1, 0.15) is 22.7 Å². The van der Waals surface area contributed by atoms with Crippen LogP contribution < -0.4 is 0 Å². The number of aromatic hydroxyl groups is 1. The maximum Gasteiger partial charge on any atom is 0.149 e. The Hall–Kier alpha value is -7.76. The number of aromatic nitrogens is 3. The Kier molecular flexibility index (Phi) is 10.1. The second-order valence-electron chi connectivity index (χ2n) is 20.9. The van der Waals surface area contributed by atoms with Gasteiger partial charge in [0.15, 0.2) is 0 Å². The number of pyridine rings is 1. The topological polar surface area (TPSA) is 64.1 Å². The van der Waals surface area contributed by atoms with Crippen molar-refractivity contribution >= 4 is 43.7 Å². The summed E-state index contributed by atoms with van der Waals surface area (Å²) in [6.07, 6.45) is 1.96. The van der Waals surface area contributed by atoms with Gasteiger partial charge in [0.05, 0.1) is 28.0 Å². The molecule has 11 rings (SSSR count). The maximum absolute atomic E-state index is 12.5. The zero-order valence-electron chi connectivity index (χ0n) is 40.0. The number of fused-ring (bicyclic) bond motifs is 6. The third-order valence-electron chi connectivity index (χ3n) is 13.9. The van der Waals surface area contributed by atoms with Gasteiger partial charge in [0.2, 0.25) is 0 Å². The van der Waals surface area contributed by atoms with Crippen molar-refractivity contribution in [2.24, 2.45) is 0 Å². The molecule has 0 atom stereocenters. The normalized spacial score (nSPS) is 12.5. The van der Waals surface area contributed by atoms with Gasteiger partial charge in [-0.2, -0.15) is 0 Å². The quantitative estimate of drug-likeness (QED) is 0.173. The molecule has 11 aromatic rings. The van der Waals surface area contributed by atoms with Crippen molar-refractivity contribution in [3.05, 3.63) is 204 Å². The lowest BCUT2D eigenvalue weighted by Crippen LogP contribution is -2.19. The van der Waals surface area contributed by atoms with Gasteiger partial charge in [0.25, 0.3) is 0 Å². The second kappa shape index (κ2) is 16.0. The summed E-state index contributed by atoms with van der Waals surface area (Å²) in [7, 11) is 0. The predicted octanol–water partition coefficient (Wildman–Crippen LogP) is 16.8. The van der Waals surface area contributed by atoms with Crippen LogP contribution in [0.25, 0.3) is 94.3 Å². The van der Waals surface area contributed by atoms with Crippen LogP contribution >= 0.6 is 0 Å². The monoisotopic (exact) mass is 885 g/mol. The molecule has 5 heteroatoms. The Morgan fingerprint density at radius 2 is 1.19 bits per heavy atom. The van der Waals surface area contributed by atoms with E-state index in [1.807, 2.05) is 12.3 Å². The van der Waals surface area contributed by atoms with E-state index in [1.54, 1.807) is 0 Å². The number of furan rings is 1. The molecule has 0 unspecified atom stereocenters. The van der Waals surface area contributed by atoms with E-state index < -0.39 is 0 Å². The molecule has 0 fully saturated rings. The van der Waals surface area contributed by atoms with Crippen molar-refractivity contribution in [2.75, 3.05) is 0 Å². The highest BCUT2D eigenvalue weighted by molar-refractivity contribution is 6.15. The van der Waals surface area contributed by atoms with Gasteiger partial charge >= 0.3 is 0 Å². The average Bonchev–Trinajstić information content (AvgIpc) is 3.92. The lowest BCUT2D eigenvalue weighted by molar-refractivity contribution is 0.446. The Labute approximate surface area is 398 Å². The van der Waals surface area contributed by atoms with Crippen molar-refractivity contribution in [2.45, 2.75) is 71.6 Å². The summed E-state index contributed by atoms with van der Waals surface area (Å²) in [6.45, 7) is 17.7. The van der Waals surface area contributed by atoms with E-state index in [-0.39, 0.29) is 22.0 Å². The van der Waals surface area contributed by atoms with Crippen LogP contribution in [0.15, 0.2) is 187 Å². The Balaban J connectivity index is 1.19. The molecule has 1 N–H and O–H groups in total. The fourth-order valence-corrected chi connectivity index (χ4v) is 9.97. The molecule has 0 amide bonds. The number of phenolic OH excluding ortho intramolecular Hbond substituents is 1. The molecule has 0 radical (unpaired) electrons. The van der Waals surface area contributed by atoms with Crippen LogP contribution in [-0.2, 0) is 16.2 Å². The fraction of sp³-hybridized carbons (Fsp3) is 0.175. The highest BCUT2D eigenvalue weighted by Gasteiger charge is 2.30. The smallest absolute Gasteiger partial charge is 0.149 e. The summed E-state index contributed by atoms with van der Waals surface area (Å²) in [5.74, 6) is 0.921. The summed E-state index contributed by atoms with van der Waals surface area (Å²) in [5, 5.41) is 16.8. The number of benzene rings is 8. The molecule has 0 spiro atoms. The van der Waals surface area contributed by atoms with E-state index in [4.69, 9.17) is 14.4 Å². The molecule has 0 aliphatic rings. The minimum atomic E-state index is -0.371. The third-order valence-corrected chi connectivity index (χ3v) is 13.9. The van der Waals surface area contributed by atoms with E-state index in [9.17, 15) is 5.11 Å². The number of phenols is 1. The molecule has 3 heterocycles. The van der Waals surface area contributed by atoms with E-state index in [0.717, 1.165) is 99.6 Å². The minimum Gasteiger partial charge on any atom is -0.507 e. The average molecular weight is 886 g/mol. The summed E-state index contributed by atoms with van der Waals surface area (Å²) in [5.41, 5.74) is 14.5. The van der Waals surface area contributed by atoms with Gasteiger partial charge in [-0.1, -0.05) is 189 Å². The third kappa shape index (κ3) is 7.25. The largest absolute Gasteiger partial charge is 0.507 e. The molecule has 0 saturated carbocycles. The van der Waals surface area contributed by atoms with Gasteiger partial charge in [-0.05, 0) is 80.4 Å². The molecule has 0 aliphatic heterocycles. The minimum absolute atomic E-state index is 0.192. The number of hydrogen-bond acceptors (Lipinski definition) is 4. The number of para-hydroxylation sites is 2. The van der Waals surface area contributed by atoms with E-state index in [1.165, 1.54) is 5.56 Å². The standard InChI is InChI=1S/C63H55N3O2/c1-61(2,3)44-35-50(58(67)52(36-44)62(4,5)6)60-65-57-47(27-19-29-55(57)66(60)54-28-18-17-25-46(54)39-20-11-9-12-21-39)41-32-42(34-45(33-41)63(7,8)43-23-13-10-14-24-43)53-37-56-51(38-64-53)49-31-30-40-22-15-16-26-48(40)59(49)68-56/h9-38,67H,1-8H3. The predicted molar refractivity (Wildman–Crippen MR) is 283 cm³/mol. The maximum atomic E-state index is 12.5. The highest BCUT2D eigenvalue weighted by atomic mass is 16.3. The zero-order chi connectivity index (χ0) is 47.1. The van der Waals surface area contributed by atoms with Crippen molar-refractivity contribution < 1.29 is 9.52 Å². The Morgan fingerprint density at radius 1 is 0.500 bits per heavy atom. The van der Waals surface area contributed by atoms with Gasteiger partial charge < -0.3 is 9.52 Å². The first-order valence-electron chi connectivity index (χ1n) is 23.6. The summed E-state index contributed by atoms with van der Waals surface area (Å²) < 4.78 is 8.96. The number of imidazole rings is 1. The Morgan fingerprint density at radius 3 is 1.96 bits per heavy atom. The van der Waals surface area contributed by atoms with Crippen molar-refractivity contribution in [1.82, 2.24) is 14.5 Å². The SMILES string of the molecule is CC(C)(C)c1cc(-c2nc3c(-c4cc(-c5cc6oc7c8ccccc8ccc7c6cn5)cc(C(C)(C)c5ccccc5)c4)cccc3n2-c2ccccc2-c2ccccc2)c(O)c(C(C)(C)C)c1. The number of nitrogens with zero attached hydrogens (tertiary/aromatic N) is 3. The van der Waals surface area contributed by atoms with Crippen LogP contribution in [0.4, 0.5) is 0 Å². The van der Waals surface area contributed by atoms with Crippen molar-refractivity contribution in [1.29, 1.82) is 0 Å².